The van der Waals surface area contributed by atoms with Crippen LogP contribution in [0.15, 0.2) is 53.4 Å². The van der Waals surface area contributed by atoms with Gasteiger partial charge in [0.15, 0.2) is 0 Å². The summed E-state index contributed by atoms with van der Waals surface area (Å²) in [4.78, 5) is 0.116. The fourth-order valence-corrected chi connectivity index (χ4v) is 3.43. The molecule has 0 amide bonds. The molecule has 21 heavy (non-hydrogen) atoms. The van der Waals surface area contributed by atoms with Gasteiger partial charge in [-0.2, -0.15) is 0 Å². The lowest BCUT2D eigenvalue weighted by Crippen LogP contribution is -2.26. The highest BCUT2D eigenvalue weighted by molar-refractivity contribution is 7.92. The maximum absolute atomic E-state index is 12.7. The molecule has 0 aromatic heterocycles. The van der Waals surface area contributed by atoms with Gasteiger partial charge in [-0.3, -0.25) is 4.31 Å². The predicted molar refractivity (Wildman–Crippen MR) is 84.6 cm³/mol. The lowest BCUT2D eigenvalue weighted by molar-refractivity contribution is 0.402. The van der Waals surface area contributed by atoms with Crippen molar-refractivity contribution in [3.63, 3.8) is 0 Å². The van der Waals surface area contributed by atoms with Gasteiger partial charge in [0.05, 0.1) is 12.8 Å². The van der Waals surface area contributed by atoms with E-state index in [0.717, 1.165) is 5.56 Å². The molecule has 0 aliphatic rings. The van der Waals surface area contributed by atoms with Gasteiger partial charge in [0.2, 0.25) is 0 Å². The van der Waals surface area contributed by atoms with Crippen molar-refractivity contribution in [1.82, 2.24) is 0 Å². The average molecular weight is 326 g/mol. The number of para-hydroxylation sites is 1. The smallest absolute Gasteiger partial charge is 0.267 e. The van der Waals surface area contributed by atoms with Crippen LogP contribution >= 0.6 is 11.6 Å². The van der Waals surface area contributed by atoms with E-state index in [2.05, 4.69) is 0 Å². The normalized spacial score (nSPS) is 11.2. The lowest BCUT2D eigenvalue weighted by atomic mass is 10.2. The van der Waals surface area contributed by atoms with Crippen LogP contribution in [0.2, 0.25) is 0 Å². The highest BCUT2D eigenvalue weighted by Crippen LogP contribution is 2.30. The van der Waals surface area contributed by atoms with E-state index in [0.29, 0.717) is 11.6 Å². The van der Waals surface area contributed by atoms with Gasteiger partial charge >= 0.3 is 0 Å². The van der Waals surface area contributed by atoms with E-state index in [1.165, 1.54) is 24.5 Å². The molecule has 0 N–H and O–H groups in total. The van der Waals surface area contributed by atoms with Crippen molar-refractivity contribution in [1.29, 1.82) is 0 Å². The second kappa shape index (κ2) is 6.37. The van der Waals surface area contributed by atoms with Crippen LogP contribution in [0.4, 0.5) is 5.69 Å². The summed E-state index contributed by atoms with van der Waals surface area (Å²) in [6, 6.07) is 13.7. The number of anilines is 1. The molecule has 6 heteroatoms. The first-order chi connectivity index (χ1) is 10.0. The van der Waals surface area contributed by atoms with Crippen molar-refractivity contribution in [2.75, 3.05) is 18.5 Å². The summed E-state index contributed by atoms with van der Waals surface area (Å²) in [5.74, 6) is 0.585. The molecule has 112 valence electrons. The first-order valence-corrected chi connectivity index (χ1v) is 8.25. The molecule has 0 saturated heterocycles. The zero-order valence-corrected chi connectivity index (χ0v) is 13.4. The van der Waals surface area contributed by atoms with Crippen LogP contribution in [0.3, 0.4) is 0 Å². The van der Waals surface area contributed by atoms with Crippen LogP contribution in [0, 0.1) is 0 Å². The second-order valence-electron chi connectivity index (χ2n) is 4.43. The lowest BCUT2D eigenvalue weighted by Gasteiger charge is -2.21. The van der Waals surface area contributed by atoms with Crippen LogP contribution in [-0.4, -0.2) is 22.6 Å². The Hall–Kier alpha value is -1.72. The van der Waals surface area contributed by atoms with Gasteiger partial charge in [0.1, 0.15) is 10.6 Å². The van der Waals surface area contributed by atoms with Crippen molar-refractivity contribution in [2.24, 2.45) is 0 Å². The number of hydrogen-bond donors (Lipinski definition) is 0. The topological polar surface area (TPSA) is 46.6 Å². The largest absolute Gasteiger partial charge is 0.495 e. The van der Waals surface area contributed by atoms with Gasteiger partial charge < -0.3 is 4.74 Å². The van der Waals surface area contributed by atoms with Crippen molar-refractivity contribution in [3.05, 3.63) is 54.1 Å². The van der Waals surface area contributed by atoms with Crippen molar-refractivity contribution < 1.29 is 13.2 Å². The Balaban J connectivity index is 2.49. The van der Waals surface area contributed by atoms with E-state index < -0.39 is 10.0 Å². The Kier molecular flexibility index (Phi) is 4.75. The maximum Gasteiger partial charge on any atom is 0.267 e. The van der Waals surface area contributed by atoms with Gasteiger partial charge in [-0.05, 0) is 29.8 Å². The molecule has 2 aromatic carbocycles. The Bertz CT molecular complexity index is 717. The molecule has 0 atom stereocenters. The molecule has 2 aromatic rings. The Morgan fingerprint density at radius 1 is 1.14 bits per heavy atom. The maximum atomic E-state index is 12.7. The van der Waals surface area contributed by atoms with E-state index in [4.69, 9.17) is 16.3 Å². The molecule has 0 bridgehead atoms. The summed E-state index contributed by atoms with van der Waals surface area (Å²) in [6.45, 7) is 0. The Morgan fingerprint density at radius 3 is 2.38 bits per heavy atom. The molecule has 0 aliphatic carbocycles. The molecule has 0 fully saturated rings. The fraction of sp³-hybridized carbons (Fsp3) is 0.200. The molecule has 2 rings (SSSR count). The molecule has 0 saturated carbocycles. The van der Waals surface area contributed by atoms with E-state index in [1.54, 1.807) is 36.4 Å². The van der Waals surface area contributed by atoms with Gasteiger partial charge in [-0.25, -0.2) is 8.42 Å². The molecule has 0 unspecified atom stereocenters. The molecule has 0 heterocycles. The molecular formula is C15H16ClNO3S. The third kappa shape index (κ3) is 3.14. The minimum absolute atomic E-state index is 0.116. The number of ether oxygens (including phenoxy) is 1. The summed E-state index contributed by atoms with van der Waals surface area (Å²) < 4.78 is 31.9. The summed E-state index contributed by atoms with van der Waals surface area (Å²) in [5.41, 5.74) is 1.39. The zero-order chi connectivity index (χ0) is 15.5. The quantitative estimate of drug-likeness (QED) is 0.793. The SMILES string of the molecule is COc1cc(CCl)ccc1S(=O)(=O)N(C)c1ccccc1. The van der Waals surface area contributed by atoms with Crippen molar-refractivity contribution in [3.8, 4) is 5.75 Å². The molecule has 0 radical (unpaired) electrons. The van der Waals surface area contributed by atoms with Crippen LogP contribution in [0.25, 0.3) is 0 Å². The minimum atomic E-state index is -3.69. The Labute approximate surface area is 130 Å². The van der Waals surface area contributed by atoms with E-state index in [1.807, 2.05) is 6.07 Å². The molecular weight excluding hydrogens is 310 g/mol. The highest BCUT2D eigenvalue weighted by Gasteiger charge is 2.25. The second-order valence-corrected chi connectivity index (χ2v) is 6.63. The summed E-state index contributed by atoms with van der Waals surface area (Å²) in [5, 5.41) is 0. The van der Waals surface area contributed by atoms with E-state index in [-0.39, 0.29) is 10.6 Å². The first-order valence-electron chi connectivity index (χ1n) is 6.27. The number of benzene rings is 2. The summed E-state index contributed by atoms with van der Waals surface area (Å²) >= 11 is 5.77. The number of rotatable bonds is 5. The number of methoxy groups -OCH3 is 1. The number of hydrogen-bond acceptors (Lipinski definition) is 3. The van der Waals surface area contributed by atoms with Crippen molar-refractivity contribution in [2.45, 2.75) is 10.8 Å². The van der Waals surface area contributed by atoms with Gasteiger partial charge in [0, 0.05) is 12.9 Å². The molecule has 0 aliphatic heterocycles. The molecule has 4 nitrogen and oxygen atoms in total. The van der Waals surface area contributed by atoms with Gasteiger partial charge in [-0.15, -0.1) is 11.6 Å². The van der Waals surface area contributed by atoms with Gasteiger partial charge in [0.25, 0.3) is 10.0 Å². The predicted octanol–water partition coefficient (Wildman–Crippen LogP) is 3.26. The molecule has 0 spiro atoms. The average Bonchev–Trinajstić information content (AvgIpc) is 2.54. The number of alkyl halides is 1. The van der Waals surface area contributed by atoms with Crippen LogP contribution in [0.1, 0.15) is 5.56 Å². The number of sulfonamides is 1. The van der Waals surface area contributed by atoms with Crippen LogP contribution < -0.4 is 9.04 Å². The Morgan fingerprint density at radius 2 is 1.81 bits per heavy atom. The summed E-state index contributed by atoms with van der Waals surface area (Å²) in [7, 11) is -0.742. The van der Waals surface area contributed by atoms with Crippen LogP contribution in [0.5, 0.6) is 5.75 Å². The minimum Gasteiger partial charge on any atom is -0.495 e. The third-order valence-corrected chi connectivity index (χ3v) is 5.27. The number of nitrogens with zero attached hydrogens (tertiary/aromatic N) is 1. The highest BCUT2D eigenvalue weighted by atomic mass is 35.5. The van der Waals surface area contributed by atoms with Crippen molar-refractivity contribution >= 4 is 27.3 Å². The first kappa shape index (κ1) is 15.7. The van der Waals surface area contributed by atoms with E-state index in [9.17, 15) is 8.42 Å². The van der Waals surface area contributed by atoms with Crippen LogP contribution in [-0.2, 0) is 15.9 Å². The van der Waals surface area contributed by atoms with Gasteiger partial charge in [-0.1, -0.05) is 24.3 Å². The zero-order valence-electron chi connectivity index (χ0n) is 11.8. The monoisotopic (exact) mass is 325 g/mol. The fourth-order valence-electron chi connectivity index (χ4n) is 1.93. The third-order valence-electron chi connectivity index (χ3n) is 3.14. The summed E-state index contributed by atoms with van der Waals surface area (Å²) in [6.07, 6.45) is 0. The number of halogens is 1. The van der Waals surface area contributed by atoms with E-state index >= 15 is 0 Å². The standard InChI is InChI=1S/C15H16ClNO3S/c1-17(13-6-4-3-5-7-13)21(18,19)15-9-8-12(11-16)10-14(15)20-2/h3-10H,11H2,1-2H3.